The molecule has 1 fully saturated rings. The molecular weight excluding hydrogens is 367 g/mol. The minimum absolute atomic E-state index is 0.151. The SMILES string of the molecule is CCN(/C=C(/C#N)C(=O)N1CCN(c2ccc(F)cc2)CC1)Cc1ccccc1. The van der Waals surface area contributed by atoms with E-state index in [-0.39, 0.29) is 17.3 Å². The minimum atomic E-state index is -0.262. The summed E-state index contributed by atoms with van der Waals surface area (Å²) in [4.78, 5) is 18.7. The highest BCUT2D eigenvalue weighted by atomic mass is 19.1. The number of anilines is 1. The van der Waals surface area contributed by atoms with Crippen molar-refractivity contribution < 1.29 is 9.18 Å². The third-order valence-electron chi connectivity index (χ3n) is 5.06. The molecule has 6 heteroatoms. The van der Waals surface area contributed by atoms with Gasteiger partial charge in [-0.05, 0) is 36.8 Å². The van der Waals surface area contributed by atoms with Gasteiger partial charge in [-0.1, -0.05) is 30.3 Å². The van der Waals surface area contributed by atoms with Crippen molar-refractivity contribution in [1.29, 1.82) is 5.26 Å². The molecule has 2 aromatic carbocycles. The van der Waals surface area contributed by atoms with E-state index in [4.69, 9.17) is 0 Å². The summed E-state index contributed by atoms with van der Waals surface area (Å²) in [6.07, 6.45) is 1.67. The Bertz CT molecular complexity index is 881. The molecule has 0 aliphatic carbocycles. The average molecular weight is 392 g/mol. The van der Waals surface area contributed by atoms with Crippen LogP contribution in [0.3, 0.4) is 0 Å². The van der Waals surface area contributed by atoms with E-state index in [0.717, 1.165) is 11.3 Å². The van der Waals surface area contributed by atoms with Crippen molar-refractivity contribution in [2.45, 2.75) is 13.5 Å². The van der Waals surface area contributed by atoms with Crippen LogP contribution in [0.4, 0.5) is 10.1 Å². The molecule has 1 amide bonds. The van der Waals surface area contributed by atoms with Crippen molar-refractivity contribution in [3.05, 3.63) is 77.8 Å². The van der Waals surface area contributed by atoms with Gasteiger partial charge in [0.1, 0.15) is 17.5 Å². The number of nitrogens with zero attached hydrogens (tertiary/aromatic N) is 4. The summed E-state index contributed by atoms with van der Waals surface area (Å²) in [6.45, 7) is 5.70. The lowest BCUT2D eigenvalue weighted by Gasteiger charge is -2.36. The van der Waals surface area contributed by atoms with Gasteiger partial charge in [0.15, 0.2) is 0 Å². The van der Waals surface area contributed by atoms with Crippen LogP contribution in [0.1, 0.15) is 12.5 Å². The molecule has 29 heavy (non-hydrogen) atoms. The Morgan fingerprint density at radius 2 is 1.76 bits per heavy atom. The Labute approximate surface area is 171 Å². The number of rotatable bonds is 6. The topological polar surface area (TPSA) is 50.6 Å². The van der Waals surface area contributed by atoms with Crippen LogP contribution in [0.2, 0.25) is 0 Å². The lowest BCUT2D eigenvalue weighted by molar-refractivity contribution is -0.127. The Balaban J connectivity index is 1.62. The normalized spacial score (nSPS) is 14.4. The van der Waals surface area contributed by atoms with Crippen LogP contribution in [-0.4, -0.2) is 48.4 Å². The van der Waals surface area contributed by atoms with Gasteiger partial charge in [-0.15, -0.1) is 0 Å². The number of amides is 1. The summed E-state index contributed by atoms with van der Waals surface area (Å²) in [5.41, 5.74) is 2.22. The summed E-state index contributed by atoms with van der Waals surface area (Å²) in [6, 6.07) is 18.4. The van der Waals surface area contributed by atoms with Crippen LogP contribution in [-0.2, 0) is 11.3 Å². The van der Waals surface area contributed by atoms with Crippen molar-refractivity contribution >= 4 is 11.6 Å². The van der Waals surface area contributed by atoms with E-state index in [0.29, 0.717) is 39.3 Å². The Hall–Kier alpha value is -3.33. The minimum Gasteiger partial charge on any atom is -0.372 e. The zero-order valence-corrected chi connectivity index (χ0v) is 16.6. The van der Waals surface area contributed by atoms with Gasteiger partial charge in [0.2, 0.25) is 0 Å². The molecule has 0 atom stereocenters. The first-order valence-corrected chi connectivity index (χ1v) is 9.80. The molecule has 5 nitrogen and oxygen atoms in total. The van der Waals surface area contributed by atoms with Crippen LogP contribution in [0.25, 0.3) is 0 Å². The predicted octanol–water partition coefficient (Wildman–Crippen LogP) is 3.40. The number of hydrogen-bond acceptors (Lipinski definition) is 4. The summed E-state index contributed by atoms with van der Waals surface area (Å²) < 4.78 is 13.1. The number of piperazine rings is 1. The summed E-state index contributed by atoms with van der Waals surface area (Å²) >= 11 is 0. The van der Waals surface area contributed by atoms with E-state index in [1.807, 2.05) is 42.2 Å². The van der Waals surface area contributed by atoms with Gasteiger partial charge < -0.3 is 14.7 Å². The van der Waals surface area contributed by atoms with Crippen molar-refractivity contribution in [2.75, 3.05) is 37.6 Å². The van der Waals surface area contributed by atoms with E-state index < -0.39 is 0 Å². The second-order valence-corrected chi connectivity index (χ2v) is 6.96. The molecule has 0 unspecified atom stereocenters. The van der Waals surface area contributed by atoms with Crippen molar-refractivity contribution in [1.82, 2.24) is 9.80 Å². The fourth-order valence-electron chi connectivity index (χ4n) is 3.37. The molecule has 1 heterocycles. The Kier molecular flexibility index (Phi) is 6.85. The molecule has 3 rings (SSSR count). The molecule has 0 N–H and O–H groups in total. The van der Waals surface area contributed by atoms with E-state index in [9.17, 15) is 14.4 Å². The molecule has 1 aliphatic heterocycles. The Morgan fingerprint density at radius 1 is 1.10 bits per heavy atom. The largest absolute Gasteiger partial charge is 0.372 e. The maximum Gasteiger partial charge on any atom is 0.266 e. The molecule has 1 saturated heterocycles. The highest BCUT2D eigenvalue weighted by Gasteiger charge is 2.24. The number of carbonyl (C=O) groups excluding carboxylic acids is 1. The predicted molar refractivity (Wildman–Crippen MR) is 111 cm³/mol. The highest BCUT2D eigenvalue weighted by Crippen LogP contribution is 2.18. The van der Waals surface area contributed by atoms with Gasteiger partial charge in [-0.3, -0.25) is 4.79 Å². The van der Waals surface area contributed by atoms with Gasteiger partial charge in [0.05, 0.1) is 0 Å². The maximum atomic E-state index is 13.1. The molecule has 2 aromatic rings. The number of hydrogen-bond donors (Lipinski definition) is 0. The van der Waals surface area contributed by atoms with Gasteiger partial charge in [0, 0.05) is 51.2 Å². The van der Waals surface area contributed by atoms with Crippen LogP contribution in [0, 0.1) is 17.1 Å². The lowest BCUT2D eigenvalue weighted by Crippen LogP contribution is -2.49. The van der Waals surface area contributed by atoms with Crippen molar-refractivity contribution in [2.24, 2.45) is 0 Å². The van der Waals surface area contributed by atoms with Crippen LogP contribution in [0.5, 0.6) is 0 Å². The van der Waals surface area contributed by atoms with E-state index in [1.54, 1.807) is 23.2 Å². The van der Waals surface area contributed by atoms with E-state index in [1.165, 1.54) is 12.1 Å². The van der Waals surface area contributed by atoms with Gasteiger partial charge in [-0.25, -0.2) is 4.39 Å². The van der Waals surface area contributed by atoms with Crippen LogP contribution < -0.4 is 4.90 Å². The molecule has 0 bridgehead atoms. The zero-order chi connectivity index (χ0) is 20.6. The smallest absolute Gasteiger partial charge is 0.266 e. The standard InChI is InChI=1S/C23H25FN4O/c1-2-26(17-19-6-4-3-5-7-19)18-20(16-25)23(29)28-14-12-27(13-15-28)22-10-8-21(24)9-11-22/h3-11,18H,2,12-15,17H2,1H3/b20-18-. The number of benzene rings is 2. The molecule has 0 radical (unpaired) electrons. The molecule has 0 spiro atoms. The van der Waals surface area contributed by atoms with Crippen LogP contribution >= 0.6 is 0 Å². The summed E-state index contributed by atoms with van der Waals surface area (Å²) in [7, 11) is 0. The fourth-order valence-corrected chi connectivity index (χ4v) is 3.37. The van der Waals surface area contributed by atoms with E-state index >= 15 is 0 Å². The van der Waals surface area contributed by atoms with Crippen molar-refractivity contribution in [3.8, 4) is 6.07 Å². The summed E-state index contributed by atoms with van der Waals surface area (Å²) in [5, 5.41) is 9.56. The van der Waals surface area contributed by atoms with Gasteiger partial charge in [0.25, 0.3) is 5.91 Å². The number of carbonyl (C=O) groups is 1. The first kappa shape index (κ1) is 20.4. The molecule has 0 saturated carbocycles. The second-order valence-electron chi connectivity index (χ2n) is 6.96. The monoisotopic (exact) mass is 392 g/mol. The fraction of sp³-hybridized carbons (Fsp3) is 0.304. The van der Waals surface area contributed by atoms with Crippen molar-refractivity contribution in [3.63, 3.8) is 0 Å². The molecule has 0 aromatic heterocycles. The summed E-state index contributed by atoms with van der Waals surface area (Å²) in [5.74, 6) is -0.500. The maximum absolute atomic E-state index is 13.1. The molecule has 150 valence electrons. The third kappa shape index (κ3) is 5.35. The van der Waals surface area contributed by atoms with Gasteiger partial charge in [-0.2, -0.15) is 5.26 Å². The number of nitriles is 1. The molecular formula is C23H25FN4O. The zero-order valence-electron chi connectivity index (χ0n) is 16.6. The number of halogens is 1. The quantitative estimate of drug-likeness (QED) is 0.558. The first-order valence-electron chi connectivity index (χ1n) is 9.80. The molecule has 1 aliphatic rings. The average Bonchev–Trinajstić information content (AvgIpc) is 2.77. The third-order valence-corrected chi connectivity index (χ3v) is 5.06. The Morgan fingerprint density at radius 3 is 2.34 bits per heavy atom. The van der Waals surface area contributed by atoms with E-state index in [2.05, 4.69) is 11.0 Å². The van der Waals surface area contributed by atoms with Crippen LogP contribution in [0.15, 0.2) is 66.4 Å². The first-order chi connectivity index (χ1) is 14.1. The highest BCUT2D eigenvalue weighted by molar-refractivity contribution is 5.97. The van der Waals surface area contributed by atoms with Gasteiger partial charge >= 0.3 is 0 Å². The second kappa shape index (κ2) is 9.74. The lowest BCUT2D eigenvalue weighted by atomic mass is 10.2.